The first-order valence-corrected chi connectivity index (χ1v) is 20.8. The van der Waals surface area contributed by atoms with E-state index in [9.17, 15) is 18.0 Å². The second-order valence-electron chi connectivity index (χ2n) is 15.6. The van der Waals surface area contributed by atoms with Crippen LogP contribution in [0.4, 0.5) is 0 Å². The summed E-state index contributed by atoms with van der Waals surface area (Å²) in [6.07, 6.45) is 12.8. The fourth-order valence-electron chi connectivity index (χ4n) is 8.56. The summed E-state index contributed by atoms with van der Waals surface area (Å²) < 4.78 is 38.0. The predicted octanol–water partition coefficient (Wildman–Crippen LogP) is 6.70. The Morgan fingerprint density at radius 1 is 0.925 bits per heavy atom. The van der Waals surface area contributed by atoms with E-state index < -0.39 is 21.2 Å². The Morgan fingerprint density at radius 3 is 2.36 bits per heavy atom. The van der Waals surface area contributed by atoms with Crippen LogP contribution in [-0.4, -0.2) is 90.0 Å². The molecule has 2 amide bonds. The molecular weight excluding hydrogens is 689 g/mol. The van der Waals surface area contributed by atoms with Crippen molar-refractivity contribution in [1.82, 2.24) is 28.9 Å². The number of sulfonamides is 1. The van der Waals surface area contributed by atoms with Crippen LogP contribution in [0.2, 0.25) is 0 Å². The van der Waals surface area contributed by atoms with Crippen molar-refractivity contribution in [2.45, 2.75) is 89.0 Å². The van der Waals surface area contributed by atoms with Crippen LogP contribution >= 0.6 is 0 Å². The van der Waals surface area contributed by atoms with Crippen molar-refractivity contribution < 1.29 is 22.7 Å². The number of ether oxygens (including phenoxy) is 1. The van der Waals surface area contributed by atoms with E-state index in [4.69, 9.17) is 9.84 Å². The normalized spacial score (nSPS) is 18.7. The average molecular weight is 739 g/mol. The molecule has 2 aromatic carbocycles. The molecule has 1 N–H and O–H groups in total. The van der Waals surface area contributed by atoms with Gasteiger partial charge >= 0.3 is 0 Å². The zero-order valence-corrected chi connectivity index (χ0v) is 32.0. The third-order valence-corrected chi connectivity index (χ3v) is 13.7. The second-order valence-corrected chi connectivity index (χ2v) is 17.8. The maximum Gasteiger partial charge on any atom is 0.264 e. The van der Waals surface area contributed by atoms with Crippen molar-refractivity contribution in [2.75, 3.05) is 40.3 Å². The number of rotatable bonds is 8. The van der Waals surface area contributed by atoms with Gasteiger partial charge in [0, 0.05) is 48.2 Å². The van der Waals surface area contributed by atoms with Gasteiger partial charge in [0.25, 0.3) is 11.8 Å². The number of likely N-dealkylation sites (N-methyl/N-ethyl adjacent to an activating group) is 1. The topological polar surface area (TPSA) is 119 Å². The summed E-state index contributed by atoms with van der Waals surface area (Å²) in [4.78, 5) is 32.1. The molecule has 4 aromatic rings. The number of nitrogens with zero attached hydrogens (tertiary/aromatic N) is 5. The lowest BCUT2D eigenvalue weighted by Crippen LogP contribution is -2.47. The molecule has 0 radical (unpaired) electrons. The molecule has 2 aliphatic heterocycles. The minimum atomic E-state index is -3.83. The number of fused-ring (bicyclic) bond motifs is 5. The number of hydrogen-bond acceptors (Lipinski definition) is 7. The van der Waals surface area contributed by atoms with Gasteiger partial charge in [-0.1, -0.05) is 25.3 Å². The molecule has 0 unspecified atom stereocenters. The molecule has 4 aliphatic rings. The van der Waals surface area contributed by atoms with Crippen LogP contribution in [-0.2, 0) is 16.6 Å². The van der Waals surface area contributed by atoms with Gasteiger partial charge in [-0.3, -0.25) is 14.3 Å². The summed E-state index contributed by atoms with van der Waals surface area (Å²) in [6, 6.07) is 12.0. The first kappa shape index (κ1) is 35.6. The van der Waals surface area contributed by atoms with E-state index in [-0.39, 0.29) is 17.5 Å². The third-order valence-electron chi connectivity index (χ3n) is 11.9. The van der Waals surface area contributed by atoms with Crippen molar-refractivity contribution in [3.05, 3.63) is 70.5 Å². The molecule has 0 atom stereocenters. The summed E-state index contributed by atoms with van der Waals surface area (Å²) in [5.41, 5.74) is 8.00. The maximum absolute atomic E-state index is 14.4. The monoisotopic (exact) mass is 738 g/mol. The van der Waals surface area contributed by atoms with Gasteiger partial charge in [-0.2, -0.15) is 5.10 Å². The van der Waals surface area contributed by atoms with Crippen molar-refractivity contribution in [3.63, 3.8) is 0 Å². The van der Waals surface area contributed by atoms with Crippen LogP contribution in [0, 0.1) is 0 Å². The molecule has 0 bridgehead atoms. The molecule has 8 rings (SSSR count). The average Bonchev–Trinajstić information content (AvgIpc) is 3.64. The molecule has 1 saturated heterocycles. The number of allylic oxidation sites excluding steroid dienone is 1. The minimum Gasteiger partial charge on any atom is -0.497 e. The third kappa shape index (κ3) is 6.47. The Labute approximate surface area is 312 Å². The van der Waals surface area contributed by atoms with Crippen LogP contribution in [0.15, 0.2) is 42.6 Å². The molecule has 12 heteroatoms. The molecular formula is C41H50N6O5S. The number of aromatic nitrogens is 3. The van der Waals surface area contributed by atoms with Gasteiger partial charge in [0.2, 0.25) is 10.0 Å². The van der Waals surface area contributed by atoms with E-state index in [1.807, 2.05) is 23.1 Å². The summed E-state index contributed by atoms with van der Waals surface area (Å²) in [7, 11) is -0.0653. The van der Waals surface area contributed by atoms with Crippen LogP contribution < -0.4 is 9.46 Å². The first-order chi connectivity index (χ1) is 25.5. The summed E-state index contributed by atoms with van der Waals surface area (Å²) >= 11 is 0. The van der Waals surface area contributed by atoms with Gasteiger partial charge in [0.1, 0.15) is 5.75 Å². The molecule has 2 saturated carbocycles. The quantitative estimate of drug-likeness (QED) is 0.214. The van der Waals surface area contributed by atoms with Crippen LogP contribution in [0.3, 0.4) is 0 Å². The number of carbonyl (C=O) groups excluding carboxylic acids is 2. The number of benzene rings is 2. The van der Waals surface area contributed by atoms with Crippen molar-refractivity contribution in [3.8, 4) is 17.0 Å². The van der Waals surface area contributed by atoms with Crippen LogP contribution in [0.1, 0.15) is 115 Å². The highest BCUT2D eigenvalue weighted by molar-refractivity contribution is 7.90. The molecule has 280 valence electrons. The zero-order chi connectivity index (χ0) is 37.0. The lowest BCUT2D eigenvalue weighted by Gasteiger charge is -2.33. The van der Waals surface area contributed by atoms with Crippen LogP contribution in [0.5, 0.6) is 5.75 Å². The highest BCUT2D eigenvalue weighted by Gasteiger charge is 2.35. The highest BCUT2D eigenvalue weighted by Crippen LogP contribution is 2.48. The standard InChI is InChI=1S/C41H50N6O5S/c1-26(2)53(50,51)43-40(48)28-13-15-34-36(23-28)46-25-30(21-29-22-32(52-4)14-16-33(29)39(46)37(34)27-9-6-5-7-10-27)38-35(24-42-47(38)31-11-8-12-31)41(49)45-19-17-44(3)18-20-45/h13-16,21-24,26-27,31H,5-12,17-20,25H2,1-4H3,(H,43,48). The highest BCUT2D eigenvalue weighted by atomic mass is 32.2. The molecule has 53 heavy (non-hydrogen) atoms. The van der Waals surface area contributed by atoms with E-state index in [2.05, 4.69) is 44.1 Å². The molecule has 11 nitrogen and oxygen atoms in total. The van der Waals surface area contributed by atoms with E-state index in [1.165, 1.54) is 12.0 Å². The summed E-state index contributed by atoms with van der Waals surface area (Å²) in [6.45, 7) is 6.52. The SMILES string of the molecule is COc1ccc2c(c1)C=C(c1c(C(=O)N3CCN(C)CC3)cnn1C1CCC1)Cn1c-2c(C2CCCCC2)c2ccc(C(=O)NS(=O)(=O)C(C)C)cc21. The smallest absolute Gasteiger partial charge is 0.264 e. The van der Waals surface area contributed by atoms with Crippen molar-refractivity contribution >= 4 is 44.4 Å². The summed E-state index contributed by atoms with van der Waals surface area (Å²) in [5, 5.41) is 5.24. The minimum absolute atomic E-state index is 0.000451. The largest absolute Gasteiger partial charge is 0.497 e. The van der Waals surface area contributed by atoms with E-state index in [0.717, 1.165) is 103 Å². The van der Waals surface area contributed by atoms with Crippen molar-refractivity contribution in [2.24, 2.45) is 0 Å². The molecule has 2 aromatic heterocycles. The van der Waals surface area contributed by atoms with Gasteiger partial charge < -0.3 is 19.1 Å². The Kier molecular flexibility index (Phi) is 9.47. The van der Waals surface area contributed by atoms with Gasteiger partial charge in [-0.15, -0.1) is 0 Å². The van der Waals surface area contributed by atoms with Gasteiger partial charge in [-0.05, 0) is 112 Å². The number of amides is 2. The number of carbonyl (C=O) groups is 2. The lowest BCUT2D eigenvalue weighted by molar-refractivity contribution is 0.0663. The van der Waals surface area contributed by atoms with E-state index in [0.29, 0.717) is 31.1 Å². The van der Waals surface area contributed by atoms with Gasteiger partial charge in [0.05, 0.1) is 48.1 Å². The molecule has 4 heterocycles. The zero-order valence-electron chi connectivity index (χ0n) is 31.2. The molecule has 2 aliphatic carbocycles. The lowest BCUT2D eigenvalue weighted by atomic mass is 9.81. The Morgan fingerprint density at radius 2 is 1.68 bits per heavy atom. The Bertz CT molecular complexity index is 2220. The predicted molar refractivity (Wildman–Crippen MR) is 208 cm³/mol. The van der Waals surface area contributed by atoms with E-state index >= 15 is 0 Å². The summed E-state index contributed by atoms with van der Waals surface area (Å²) in [5.74, 6) is 0.429. The van der Waals surface area contributed by atoms with Crippen LogP contribution in [0.25, 0.3) is 33.8 Å². The Balaban J connectivity index is 1.35. The number of hydrogen-bond donors (Lipinski definition) is 1. The maximum atomic E-state index is 14.4. The molecule has 0 spiro atoms. The number of nitrogens with one attached hydrogen (secondary N) is 1. The number of methoxy groups -OCH3 is 1. The first-order valence-electron chi connectivity index (χ1n) is 19.2. The molecule has 3 fully saturated rings. The van der Waals surface area contributed by atoms with E-state index in [1.54, 1.807) is 33.2 Å². The Hall–Kier alpha value is -4.42. The fraction of sp³-hybridized carbons (Fsp3) is 0.488. The van der Waals surface area contributed by atoms with Crippen molar-refractivity contribution in [1.29, 1.82) is 0 Å². The number of piperazine rings is 1. The van der Waals surface area contributed by atoms with Gasteiger partial charge in [0.15, 0.2) is 0 Å². The van der Waals surface area contributed by atoms with Gasteiger partial charge in [-0.25, -0.2) is 13.1 Å². The fourth-order valence-corrected chi connectivity index (χ4v) is 9.17. The second kappa shape index (κ2) is 14.1.